The Bertz CT molecular complexity index is 1300. The third-order valence-electron chi connectivity index (χ3n) is 8.04. The van der Waals surface area contributed by atoms with Gasteiger partial charge in [-0.2, -0.15) is 0 Å². The third-order valence-corrected chi connectivity index (χ3v) is 8.37. The van der Waals surface area contributed by atoms with E-state index in [1.165, 1.54) is 7.11 Å². The Kier molecular flexibility index (Phi) is 12.8. The minimum atomic E-state index is -0.193. The van der Waals surface area contributed by atoms with Gasteiger partial charge in [-0.3, -0.25) is 9.59 Å². The fraction of sp³-hybridized carbons (Fsp3) is 0.500. The smallest absolute Gasteiger partial charge is 0.255 e. The maximum Gasteiger partial charge on any atom is 0.255 e. The number of halogens is 2. The lowest BCUT2D eigenvalue weighted by Gasteiger charge is -2.32. The van der Waals surface area contributed by atoms with Crippen LogP contribution in [-0.2, 0) is 6.54 Å². The quantitative estimate of drug-likeness (QED) is 0.118. The van der Waals surface area contributed by atoms with Crippen molar-refractivity contribution in [2.24, 2.45) is 5.92 Å². The summed E-state index contributed by atoms with van der Waals surface area (Å²) < 4.78 is 7.55. The summed E-state index contributed by atoms with van der Waals surface area (Å²) in [5, 5.41) is 4.47. The number of amides is 1. The van der Waals surface area contributed by atoms with Crippen molar-refractivity contribution < 1.29 is 14.3 Å². The van der Waals surface area contributed by atoms with E-state index in [0.717, 1.165) is 87.6 Å². The van der Waals surface area contributed by atoms with Crippen molar-refractivity contribution in [1.82, 2.24) is 14.8 Å². The molecule has 0 saturated carbocycles. The van der Waals surface area contributed by atoms with Gasteiger partial charge in [-0.1, -0.05) is 49.6 Å². The van der Waals surface area contributed by atoms with Crippen molar-refractivity contribution in [3.8, 4) is 5.75 Å². The summed E-state index contributed by atoms with van der Waals surface area (Å²) in [5.74, 6) is 0.941. The van der Waals surface area contributed by atoms with Gasteiger partial charge in [0, 0.05) is 48.2 Å². The van der Waals surface area contributed by atoms with Crippen molar-refractivity contribution in [3.63, 3.8) is 0 Å². The largest absolute Gasteiger partial charge is 0.496 e. The van der Waals surface area contributed by atoms with Crippen LogP contribution in [0.2, 0.25) is 5.02 Å². The number of nitrogens with two attached hydrogens (primary N) is 1. The van der Waals surface area contributed by atoms with Crippen LogP contribution in [0.25, 0.3) is 10.9 Å². The summed E-state index contributed by atoms with van der Waals surface area (Å²) in [7, 11) is 1.52. The van der Waals surface area contributed by atoms with Crippen LogP contribution in [0.15, 0.2) is 42.6 Å². The number of ether oxygens (including phenoxy) is 1. The van der Waals surface area contributed by atoms with E-state index in [4.69, 9.17) is 22.1 Å². The molecular weight excluding hydrogens is 559 g/mol. The molecule has 0 atom stereocenters. The van der Waals surface area contributed by atoms with E-state index in [0.29, 0.717) is 40.9 Å². The first kappa shape index (κ1) is 32.8. The second-order valence-corrected chi connectivity index (χ2v) is 11.3. The summed E-state index contributed by atoms with van der Waals surface area (Å²) in [4.78, 5) is 28.3. The number of likely N-dealkylation sites (tertiary alicyclic amines) is 1. The van der Waals surface area contributed by atoms with E-state index in [1.54, 1.807) is 12.1 Å². The number of rotatable bonds is 14. The fourth-order valence-electron chi connectivity index (χ4n) is 5.58. The van der Waals surface area contributed by atoms with E-state index < -0.39 is 0 Å². The highest BCUT2D eigenvalue weighted by molar-refractivity contribution is 6.33. The van der Waals surface area contributed by atoms with Gasteiger partial charge in [-0.15, -0.1) is 12.4 Å². The molecule has 2 aromatic carbocycles. The zero-order valence-corrected chi connectivity index (χ0v) is 25.9. The van der Waals surface area contributed by atoms with Crippen molar-refractivity contribution >= 4 is 52.3 Å². The molecule has 41 heavy (non-hydrogen) atoms. The third kappa shape index (κ3) is 8.63. The average molecular weight is 604 g/mol. The number of benzene rings is 2. The number of nitrogens with zero attached hydrogens (tertiary/aromatic N) is 2. The van der Waals surface area contributed by atoms with Gasteiger partial charge in [-0.05, 0) is 69.8 Å². The van der Waals surface area contributed by atoms with Crippen LogP contribution in [0.5, 0.6) is 5.75 Å². The summed E-state index contributed by atoms with van der Waals surface area (Å²) in [6, 6.07) is 11.4. The van der Waals surface area contributed by atoms with Crippen LogP contribution in [-0.4, -0.2) is 54.4 Å². The molecule has 1 fully saturated rings. The number of nitrogens with one attached hydrogen (secondary N) is 1. The number of aromatic nitrogens is 1. The molecule has 9 heteroatoms. The zero-order chi connectivity index (χ0) is 28.5. The molecule has 2 heterocycles. The number of para-hydroxylation sites is 1. The molecule has 1 aliphatic heterocycles. The van der Waals surface area contributed by atoms with Gasteiger partial charge in [0.25, 0.3) is 5.91 Å². The van der Waals surface area contributed by atoms with Crippen LogP contribution < -0.4 is 15.8 Å². The van der Waals surface area contributed by atoms with Crippen LogP contribution in [0.3, 0.4) is 0 Å². The molecule has 0 radical (unpaired) electrons. The molecule has 0 unspecified atom stereocenters. The second kappa shape index (κ2) is 16.0. The van der Waals surface area contributed by atoms with E-state index in [9.17, 15) is 9.59 Å². The van der Waals surface area contributed by atoms with Gasteiger partial charge in [0.15, 0.2) is 5.78 Å². The number of nitrogen functional groups attached to an aromatic ring is 1. The fourth-order valence-corrected chi connectivity index (χ4v) is 5.74. The SMILES string of the molecule is CCCCn1cc(C(=O)CCCCCN2CCC(CNC(=O)c3cc(Cl)c(N)cc3OC)CC2)c2ccccc21.Cl. The van der Waals surface area contributed by atoms with Crippen LogP contribution in [0.1, 0.15) is 79.0 Å². The molecule has 3 aromatic rings. The lowest BCUT2D eigenvalue weighted by Crippen LogP contribution is -2.39. The Balaban J connectivity index is 0.00000462. The van der Waals surface area contributed by atoms with Crippen LogP contribution in [0.4, 0.5) is 5.69 Å². The Morgan fingerprint density at radius 1 is 1.05 bits per heavy atom. The molecule has 7 nitrogen and oxygen atoms in total. The summed E-state index contributed by atoms with van der Waals surface area (Å²) in [5.41, 5.74) is 8.66. The lowest BCUT2D eigenvalue weighted by molar-refractivity contribution is 0.0932. The number of hydrogen-bond acceptors (Lipinski definition) is 5. The predicted octanol–water partition coefficient (Wildman–Crippen LogP) is 6.99. The second-order valence-electron chi connectivity index (χ2n) is 10.9. The maximum absolute atomic E-state index is 13.0. The van der Waals surface area contributed by atoms with Gasteiger partial charge < -0.3 is 25.3 Å². The van der Waals surface area contributed by atoms with Crippen LogP contribution in [0, 0.1) is 5.92 Å². The minimum absolute atomic E-state index is 0. The number of piperidine rings is 1. The summed E-state index contributed by atoms with van der Waals surface area (Å²) in [6.45, 7) is 6.92. The molecule has 0 aliphatic carbocycles. The first-order valence-corrected chi connectivity index (χ1v) is 15.0. The molecule has 4 rings (SSSR count). The number of unbranched alkanes of at least 4 members (excludes halogenated alkanes) is 3. The average Bonchev–Trinajstić information content (AvgIpc) is 3.35. The van der Waals surface area contributed by atoms with Crippen molar-refractivity contribution in [2.45, 2.75) is 64.8 Å². The molecule has 1 amide bonds. The molecule has 1 aliphatic rings. The number of methoxy groups -OCH3 is 1. The first-order chi connectivity index (χ1) is 19.4. The number of ketones is 1. The van der Waals surface area contributed by atoms with Crippen molar-refractivity contribution in [3.05, 3.63) is 58.7 Å². The first-order valence-electron chi connectivity index (χ1n) is 14.7. The zero-order valence-electron chi connectivity index (χ0n) is 24.3. The molecule has 0 spiro atoms. The molecule has 1 aromatic heterocycles. The number of carbonyl (C=O) groups is 2. The van der Waals surface area contributed by atoms with E-state index in [1.807, 2.05) is 12.1 Å². The van der Waals surface area contributed by atoms with Gasteiger partial charge in [0.05, 0.1) is 23.4 Å². The number of Topliss-reactive ketones (excluding diaryl/α,β-unsaturated/α-hetero) is 1. The highest BCUT2D eigenvalue weighted by atomic mass is 35.5. The Morgan fingerprint density at radius 2 is 1.80 bits per heavy atom. The van der Waals surface area contributed by atoms with Crippen molar-refractivity contribution in [2.75, 3.05) is 39.0 Å². The molecular formula is C32H44Cl2N4O3. The monoisotopic (exact) mass is 602 g/mol. The number of fused-ring (bicyclic) bond motifs is 1. The standard InChI is InChI=1S/C32H43ClN4O3.ClH/c1-3-4-16-37-22-26(24-10-7-8-11-29(24)37)30(38)12-6-5-9-15-36-17-13-23(14-18-36)21-35-32(39)25-19-27(33)28(34)20-31(25)40-2;/h7-8,10-11,19-20,22-23H,3-6,9,12-18,21,34H2,1-2H3,(H,35,39);1H. The normalized spacial score (nSPS) is 14.1. The highest BCUT2D eigenvalue weighted by Crippen LogP contribution is 2.29. The maximum atomic E-state index is 13.0. The number of aryl methyl sites for hydroxylation is 1. The Hall–Kier alpha value is -2.74. The predicted molar refractivity (Wildman–Crippen MR) is 171 cm³/mol. The summed E-state index contributed by atoms with van der Waals surface area (Å²) >= 11 is 6.11. The lowest BCUT2D eigenvalue weighted by atomic mass is 9.96. The number of carbonyl (C=O) groups excluding carboxylic acids is 2. The highest BCUT2D eigenvalue weighted by Gasteiger charge is 2.21. The van der Waals surface area contributed by atoms with Gasteiger partial charge in [0.2, 0.25) is 0 Å². The van der Waals surface area contributed by atoms with Crippen LogP contribution >= 0.6 is 24.0 Å². The van der Waals surface area contributed by atoms with E-state index in [2.05, 4.69) is 40.0 Å². The van der Waals surface area contributed by atoms with Gasteiger partial charge >= 0.3 is 0 Å². The molecule has 3 N–H and O–H groups in total. The molecule has 1 saturated heterocycles. The molecule has 0 bridgehead atoms. The van der Waals surface area contributed by atoms with Gasteiger partial charge in [-0.25, -0.2) is 0 Å². The Morgan fingerprint density at radius 3 is 2.54 bits per heavy atom. The van der Waals surface area contributed by atoms with Gasteiger partial charge in [0.1, 0.15) is 5.75 Å². The van der Waals surface area contributed by atoms with E-state index >= 15 is 0 Å². The van der Waals surface area contributed by atoms with Crippen molar-refractivity contribution in [1.29, 1.82) is 0 Å². The van der Waals surface area contributed by atoms with E-state index in [-0.39, 0.29) is 24.1 Å². The topological polar surface area (TPSA) is 89.6 Å². The molecule has 224 valence electrons. The number of hydrogen-bond donors (Lipinski definition) is 2. The number of anilines is 1. The minimum Gasteiger partial charge on any atom is -0.496 e. The summed E-state index contributed by atoms with van der Waals surface area (Å²) in [6.07, 6.45) is 10.1. The Labute approximate surface area is 255 Å².